The molecule has 0 fully saturated rings. The van der Waals surface area contributed by atoms with Crippen LogP contribution in [0.15, 0.2) is 61.7 Å². The lowest BCUT2D eigenvalue weighted by Gasteiger charge is -2.16. The molecular formula is C19H24OSi. The Bertz CT molecular complexity index is 574. The minimum Gasteiger partial charge on any atom is -0.508 e. The Morgan fingerprint density at radius 2 is 1.14 bits per heavy atom. The smallest absolute Gasteiger partial charge is 0.115 e. The van der Waals surface area contributed by atoms with Gasteiger partial charge in [-0.3, -0.25) is 0 Å². The minimum absolute atomic E-state index is 0.292. The monoisotopic (exact) mass is 296 g/mol. The molecule has 0 amide bonds. The van der Waals surface area contributed by atoms with Crippen LogP contribution in [0.3, 0.4) is 0 Å². The van der Waals surface area contributed by atoms with Gasteiger partial charge >= 0.3 is 0 Å². The number of rotatable bonds is 3. The van der Waals surface area contributed by atoms with Crippen LogP contribution < -0.4 is 5.19 Å². The zero-order valence-electron chi connectivity index (χ0n) is 13.1. The SMILES string of the molecule is C=Cc1ccc(O)cc1.C=Cc1ccc([Si](C)(C)C)cc1. The fraction of sp³-hybridized carbons (Fsp3) is 0.158. The minimum atomic E-state index is -1.10. The average molecular weight is 296 g/mol. The van der Waals surface area contributed by atoms with E-state index < -0.39 is 8.07 Å². The van der Waals surface area contributed by atoms with Gasteiger partial charge in [-0.05, 0) is 23.3 Å². The maximum atomic E-state index is 8.82. The number of phenolic OH excluding ortho intramolecular Hbond substituents is 1. The Balaban J connectivity index is 0.000000219. The molecule has 0 saturated heterocycles. The van der Waals surface area contributed by atoms with E-state index in [1.165, 1.54) is 10.8 Å². The van der Waals surface area contributed by atoms with Crippen molar-refractivity contribution in [3.63, 3.8) is 0 Å². The van der Waals surface area contributed by atoms with Crippen molar-refractivity contribution in [1.29, 1.82) is 0 Å². The van der Waals surface area contributed by atoms with Gasteiger partial charge in [-0.15, -0.1) is 0 Å². The molecule has 110 valence electrons. The van der Waals surface area contributed by atoms with Crippen molar-refractivity contribution in [2.24, 2.45) is 0 Å². The van der Waals surface area contributed by atoms with Crippen LogP contribution in [0.1, 0.15) is 11.1 Å². The molecule has 2 rings (SSSR count). The molecule has 0 saturated carbocycles. The number of aromatic hydroxyl groups is 1. The normalized spacial score (nSPS) is 10.2. The molecule has 0 radical (unpaired) electrons. The fourth-order valence-electron chi connectivity index (χ4n) is 1.73. The zero-order chi connectivity index (χ0) is 15.9. The van der Waals surface area contributed by atoms with Crippen LogP contribution >= 0.6 is 0 Å². The summed E-state index contributed by atoms with van der Waals surface area (Å²) in [4.78, 5) is 0. The summed E-state index contributed by atoms with van der Waals surface area (Å²) in [5, 5.41) is 10.3. The third-order valence-electron chi connectivity index (χ3n) is 3.14. The van der Waals surface area contributed by atoms with E-state index in [0.717, 1.165) is 5.56 Å². The Morgan fingerprint density at radius 1 is 0.762 bits per heavy atom. The molecule has 0 unspecified atom stereocenters. The van der Waals surface area contributed by atoms with E-state index in [2.05, 4.69) is 57.1 Å². The van der Waals surface area contributed by atoms with E-state index >= 15 is 0 Å². The second-order valence-corrected chi connectivity index (χ2v) is 10.9. The first-order valence-corrected chi connectivity index (χ1v) is 10.5. The van der Waals surface area contributed by atoms with Crippen LogP contribution in [-0.2, 0) is 0 Å². The van der Waals surface area contributed by atoms with Crippen molar-refractivity contribution in [1.82, 2.24) is 0 Å². The Labute approximate surface area is 129 Å². The van der Waals surface area contributed by atoms with Crippen molar-refractivity contribution >= 4 is 25.4 Å². The summed E-state index contributed by atoms with van der Waals surface area (Å²) < 4.78 is 0. The zero-order valence-corrected chi connectivity index (χ0v) is 14.1. The molecule has 2 aromatic rings. The molecule has 0 aliphatic heterocycles. The van der Waals surface area contributed by atoms with E-state index in [0.29, 0.717) is 5.75 Å². The summed E-state index contributed by atoms with van der Waals surface area (Å²) in [6, 6.07) is 15.6. The second kappa shape index (κ2) is 7.65. The Hall–Kier alpha value is -2.06. The molecule has 0 aliphatic carbocycles. The molecule has 0 aromatic heterocycles. The van der Waals surface area contributed by atoms with Gasteiger partial charge in [-0.1, -0.05) is 86.5 Å². The van der Waals surface area contributed by atoms with Crippen LogP contribution in [-0.4, -0.2) is 13.2 Å². The first-order chi connectivity index (χ1) is 9.86. The van der Waals surface area contributed by atoms with Gasteiger partial charge in [-0.2, -0.15) is 0 Å². The van der Waals surface area contributed by atoms with Crippen molar-refractivity contribution in [3.05, 3.63) is 72.8 Å². The van der Waals surface area contributed by atoms with Gasteiger partial charge in [0.1, 0.15) is 5.75 Å². The predicted octanol–water partition coefficient (Wildman–Crippen LogP) is 4.91. The average Bonchev–Trinajstić information content (AvgIpc) is 2.48. The van der Waals surface area contributed by atoms with E-state index in [4.69, 9.17) is 5.11 Å². The van der Waals surface area contributed by atoms with Crippen molar-refractivity contribution in [2.75, 3.05) is 0 Å². The summed E-state index contributed by atoms with van der Waals surface area (Å²) in [7, 11) is -1.10. The predicted molar refractivity (Wildman–Crippen MR) is 97.7 cm³/mol. The molecule has 0 spiro atoms. The van der Waals surface area contributed by atoms with Gasteiger partial charge in [-0.25, -0.2) is 0 Å². The first-order valence-electron chi connectivity index (χ1n) is 7.01. The lowest BCUT2D eigenvalue weighted by Crippen LogP contribution is -2.37. The maximum Gasteiger partial charge on any atom is 0.115 e. The summed E-state index contributed by atoms with van der Waals surface area (Å²) in [6.07, 6.45) is 3.62. The molecule has 21 heavy (non-hydrogen) atoms. The topological polar surface area (TPSA) is 20.2 Å². The number of hydrogen-bond donors (Lipinski definition) is 1. The van der Waals surface area contributed by atoms with Crippen molar-refractivity contribution in [3.8, 4) is 5.75 Å². The van der Waals surface area contributed by atoms with E-state index in [9.17, 15) is 0 Å². The third kappa shape index (κ3) is 5.84. The van der Waals surface area contributed by atoms with Crippen LogP contribution in [0, 0.1) is 0 Å². The summed E-state index contributed by atoms with van der Waals surface area (Å²) in [5.41, 5.74) is 2.23. The molecule has 0 atom stereocenters. The lowest BCUT2D eigenvalue weighted by molar-refractivity contribution is 0.475. The molecule has 1 nitrogen and oxygen atoms in total. The van der Waals surface area contributed by atoms with Gasteiger partial charge < -0.3 is 5.11 Å². The van der Waals surface area contributed by atoms with Gasteiger partial charge in [0, 0.05) is 0 Å². The van der Waals surface area contributed by atoms with Gasteiger partial charge in [0.15, 0.2) is 0 Å². The third-order valence-corrected chi connectivity index (χ3v) is 5.21. The molecule has 2 aromatic carbocycles. The summed E-state index contributed by atoms with van der Waals surface area (Å²) in [5.74, 6) is 0.292. The lowest BCUT2D eigenvalue weighted by atomic mass is 10.2. The maximum absolute atomic E-state index is 8.82. The molecule has 1 N–H and O–H groups in total. The Morgan fingerprint density at radius 3 is 1.48 bits per heavy atom. The van der Waals surface area contributed by atoms with Gasteiger partial charge in [0.25, 0.3) is 0 Å². The molecule has 0 aliphatic rings. The highest BCUT2D eigenvalue weighted by molar-refractivity contribution is 6.88. The van der Waals surface area contributed by atoms with Crippen molar-refractivity contribution < 1.29 is 5.11 Å². The van der Waals surface area contributed by atoms with E-state index in [1.807, 2.05) is 18.2 Å². The molecule has 0 heterocycles. The molecular weight excluding hydrogens is 272 g/mol. The van der Waals surface area contributed by atoms with Gasteiger partial charge in [0.2, 0.25) is 0 Å². The van der Waals surface area contributed by atoms with Crippen molar-refractivity contribution in [2.45, 2.75) is 19.6 Å². The highest BCUT2D eigenvalue weighted by atomic mass is 28.3. The van der Waals surface area contributed by atoms with E-state index in [1.54, 1.807) is 18.2 Å². The van der Waals surface area contributed by atoms with Gasteiger partial charge in [0.05, 0.1) is 8.07 Å². The highest BCUT2D eigenvalue weighted by Crippen LogP contribution is 2.09. The number of benzene rings is 2. The molecule has 0 bridgehead atoms. The summed E-state index contributed by atoms with van der Waals surface area (Å²) in [6.45, 7) is 14.4. The van der Waals surface area contributed by atoms with Crippen LogP contribution in [0.25, 0.3) is 12.2 Å². The highest BCUT2D eigenvalue weighted by Gasteiger charge is 2.14. The largest absolute Gasteiger partial charge is 0.508 e. The van der Waals surface area contributed by atoms with E-state index in [-0.39, 0.29) is 0 Å². The van der Waals surface area contributed by atoms with Crippen LogP contribution in [0.5, 0.6) is 5.75 Å². The number of phenols is 1. The quantitative estimate of drug-likeness (QED) is 0.798. The number of hydrogen-bond acceptors (Lipinski definition) is 1. The first kappa shape index (κ1) is 17.0. The van der Waals surface area contributed by atoms with Crippen LogP contribution in [0.4, 0.5) is 0 Å². The second-order valence-electron chi connectivity index (χ2n) is 5.87. The Kier molecular flexibility index (Phi) is 6.19. The van der Waals surface area contributed by atoms with Crippen LogP contribution in [0.2, 0.25) is 19.6 Å². The summed E-state index contributed by atoms with van der Waals surface area (Å²) >= 11 is 0. The molecule has 2 heteroatoms. The fourth-order valence-corrected chi connectivity index (χ4v) is 2.90. The standard InChI is InChI=1S/C11H16Si.C8H8O/c1-5-10-6-8-11(9-7-10)12(2,3)4;1-2-7-3-5-8(9)6-4-7/h5-9H,1H2,2-4H3;2-6,9H,1H2.